The molecule has 1 heterocycles. The first-order valence-electron chi connectivity index (χ1n) is 21.2. The smallest absolute Gasteiger partial charge is 0.336 e. The van der Waals surface area contributed by atoms with Crippen molar-refractivity contribution in [2.75, 3.05) is 59.5 Å². The van der Waals surface area contributed by atoms with Crippen LogP contribution in [0.25, 0.3) is 0 Å². The van der Waals surface area contributed by atoms with E-state index < -0.39 is 173 Å². The first-order chi connectivity index (χ1) is 32.4. The molecule has 0 aliphatic rings. The Labute approximate surface area is 393 Å². The summed E-state index contributed by atoms with van der Waals surface area (Å²) in [5.74, 6) is -7.94. The standard InChI is InChI=1S/C42H59N3O24/c1-25(2)37(55)64-16-13-61-31(49)7-10-34(52)67-22-28(46)19-43-40(58)44(20-29(47)23-68-35(53)11-8-32(50)62-14-17-65-38(56)26(3)4)42(60)45(41(43)59)21-30(48)24-69-36(54)12-9-33(51)63-15-18-66-39(57)27(5)6/h27-30,46-48H,1,3,7-24H2,2,4-6H3. The van der Waals surface area contributed by atoms with Crippen LogP contribution in [0.2, 0.25) is 0 Å². The van der Waals surface area contributed by atoms with Crippen LogP contribution in [-0.2, 0) is 105 Å². The zero-order valence-electron chi connectivity index (χ0n) is 38.7. The van der Waals surface area contributed by atoms with E-state index in [1.165, 1.54) is 13.8 Å². The van der Waals surface area contributed by atoms with Gasteiger partial charge in [-0.3, -0.25) is 33.6 Å². The lowest BCUT2D eigenvalue weighted by atomic mass is 10.2. The van der Waals surface area contributed by atoms with Crippen LogP contribution in [0.4, 0.5) is 0 Å². The topological polar surface area (TPSA) is 363 Å². The van der Waals surface area contributed by atoms with E-state index in [0.29, 0.717) is 0 Å². The SMILES string of the molecule is C=C(C)C(=O)OCCOC(=O)CCC(=O)OCC(O)Cn1c(=O)n(CC(O)COC(=O)CCC(=O)OCCOC(=O)C(=C)C)c(=O)n(CC(O)COC(=O)CCC(=O)OCCOC(=O)C(C)C)c1=O. The van der Waals surface area contributed by atoms with Crippen molar-refractivity contribution < 1.29 is 101 Å². The minimum atomic E-state index is -1.83. The lowest BCUT2D eigenvalue weighted by Crippen LogP contribution is -2.57. The first-order valence-corrected chi connectivity index (χ1v) is 21.2. The highest BCUT2D eigenvalue weighted by Crippen LogP contribution is 2.03. The Morgan fingerprint density at radius 2 is 0.652 bits per heavy atom. The van der Waals surface area contributed by atoms with Crippen molar-refractivity contribution in [3.05, 3.63) is 55.8 Å². The second-order valence-corrected chi connectivity index (χ2v) is 15.0. The molecule has 0 amide bonds. The first kappa shape index (κ1) is 60.0. The zero-order valence-corrected chi connectivity index (χ0v) is 38.7. The van der Waals surface area contributed by atoms with Gasteiger partial charge in [0.1, 0.15) is 77.8 Å². The molecule has 1 aromatic heterocycles. The van der Waals surface area contributed by atoms with E-state index in [1.54, 1.807) is 13.8 Å². The van der Waals surface area contributed by atoms with Gasteiger partial charge in [-0.2, -0.15) is 0 Å². The summed E-state index contributed by atoms with van der Waals surface area (Å²) in [6.07, 6.45) is -8.53. The largest absolute Gasteiger partial charge is 0.463 e. The van der Waals surface area contributed by atoms with Crippen molar-refractivity contribution in [1.82, 2.24) is 13.7 Å². The van der Waals surface area contributed by atoms with Gasteiger partial charge in [0.25, 0.3) is 0 Å². The number of esters is 9. The number of aromatic nitrogens is 3. The lowest BCUT2D eigenvalue weighted by molar-refractivity contribution is -0.156. The second kappa shape index (κ2) is 31.9. The van der Waals surface area contributed by atoms with Crippen LogP contribution in [0.3, 0.4) is 0 Å². The normalized spacial score (nSPS) is 12.1. The minimum absolute atomic E-state index is 0.125. The number of carbonyl (C=O) groups is 9. The van der Waals surface area contributed by atoms with Gasteiger partial charge in [-0.1, -0.05) is 27.0 Å². The van der Waals surface area contributed by atoms with Crippen molar-refractivity contribution in [2.45, 2.75) is 104 Å². The summed E-state index contributed by atoms with van der Waals surface area (Å²) in [6.45, 7) is 5.70. The zero-order chi connectivity index (χ0) is 52.2. The number of hydrogen-bond donors (Lipinski definition) is 3. The molecule has 0 fully saturated rings. The van der Waals surface area contributed by atoms with Gasteiger partial charge in [-0.15, -0.1) is 0 Å². The van der Waals surface area contributed by atoms with Crippen LogP contribution in [0.15, 0.2) is 38.7 Å². The third kappa shape index (κ3) is 25.1. The third-order valence-electron chi connectivity index (χ3n) is 8.39. The van der Waals surface area contributed by atoms with Gasteiger partial charge in [0, 0.05) is 11.1 Å². The maximum Gasteiger partial charge on any atom is 0.336 e. The molecule has 0 saturated carbocycles. The molecule has 1 aromatic rings. The average molecular weight is 990 g/mol. The van der Waals surface area contributed by atoms with Crippen LogP contribution in [0.1, 0.15) is 66.2 Å². The molecular weight excluding hydrogens is 930 g/mol. The summed E-state index contributed by atoms with van der Waals surface area (Å²) in [7, 11) is 0. The third-order valence-corrected chi connectivity index (χ3v) is 8.39. The van der Waals surface area contributed by atoms with E-state index in [0.717, 1.165) is 0 Å². The summed E-state index contributed by atoms with van der Waals surface area (Å²) in [6, 6.07) is 0. The Kier molecular flexibility index (Phi) is 27.7. The number of nitrogens with zero attached hydrogens (tertiary/aromatic N) is 3. The van der Waals surface area contributed by atoms with E-state index in [2.05, 4.69) is 13.2 Å². The number of hydrogen-bond acceptors (Lipinski definition) is 24. The molecule has 0 aliphatic heterocycles. The summed E-state index contributed by atoms with van der Waals surface area (Å²) < 4.78 is 44.6. The minimum Gasteiger partial charge on any atom is -0.463 e. The van der Waals surface area contributed by atoms with Crippen LogP contribution in [0.5, 0.6) is 0 Å². The molecule has 0 aliphatic carbocycles. The van der Waals surface area contributed by atoms with Gasteiger partial charge >= 0.3 is 70.8 Å². The molecule has 3 unspecified atom stereocenters. The van der Waals surface area contributed by atoms with Crippen LogP contribution in [-0.4, -0.2) is 161 Å². The fraction of sp³-hybridized carbons (Fsp3) is 0.619. The van der Waals surface area contributed by atoms with Crippen molar-refractivity contribution in [3.63, 3.8) is 0 Å². The van der Waals surface area contributed by atoms with E-state index in [9.17, 15) is 72.9 Å². The van der Waals surface area contributed by atoms with Crippen LogP contribution in [0, 0.1) is 5.92 Å². The molecule has 386 valence electrons. The Bertz CT molecular complexity index is 2060. The molecular formula is C42H59N3O24. The van der Waals surface area contributed by atoms with Gasteiger partial charge in [-0.25, -0.2) is 37.7 Å². The average Bonchev–Trinajstić information content (AvgIpc) is 3.30. The van der Waals surface area contributed by atoms with Gasteiger partial charge in [0.15, 0.2) is 0 Å². The Morgan fingerprint density at radius 1 is 0.420 bits per heavy atom. The van der Waals surface area contributed by atoms with Crippen LogP contribution >= 0.6 is 0 Å². The van der Waals surface area contributed by atoms with Gasteiger partial charge in [0.05, 0.1) is 64.1 Å². The monoisotopic (exact) mass is 989 g/mol. The van der Waals surface area contributed by atoms with E-state index >= 15 is 0 Å². The van der Waals surface area contributed by atoms with Crippen LogP contribution < -0.4 is 17.1 Å². The highest BCUT2D eigenvalue weighted by Gasteiger charge is 2.24. The Balaban J connectivity index is 3.03. The molecule has 69 heavy (non-hydrogen) atoms. The maximum atomic E-state index is 13.5. The van der Waals surface area contributed by atoms with Gasteiger partial charge in [0.2, 0.25) is 0 Å². The predicted octanol–water partition coefficient (Wildman–Crippen LogP) is -2.71. The van der Waals surface area contributed by atoms with Gasteiger partial charge in [-0.05, 0) is 13.8 Å². The summed E-state index contributed by atoms with van der Waals surface area (Å²) >= 11 is 0. The number of carbonyl (C=O) groups excluding carboxylic acids is 9. The number of rotatable bonds is 33. The van der Waals surface area contributed by atoms with Crippen molar-refractivity contribution >= 4 is 53.7 Å². The molecule has 0 spiro atoms. The molecule has 0 radical (unpaired) electrons. The molecule has 0 aromatic carbocycles. The molecule has 0 bridgehead atoms. The number of aliphatic hydroxyl groups is 3. The van der Waals surface area contributed by atoms with Gasteiger partial charge < -0.3 is 58.0 Å². The number of aliphatic hydroxyl groups excluding tert-OH is 3. The fourth-order valence-electron chi connectivity index (χ4n) is 4.84. The summed E-state index contributed by atoms with van der Waals surface area (Å²) in [5, 5.41) is 32.0. The predicted molar refractivity (Wildman–Crippen MR) is 228 cm³/mol. The van der Waals surface area contributed by atoms with Crippen molar-refractivity contribution in [1.29, 1.82) is 0 Å². The quantitative estimate of drug-likeness (QED) is 0.0279. The Hall–Kier alpha value is -7.00. The Morgan fingerprint density at radius 3 is 0.899 bits per heavy atom. The van der Waals surface area contributed by atoms with Crippen molar-refractivity contribution in [2.24, 2.45) is 5.92 Å². The highest BCUT2D eigenvalue weighted by atomic mass is 16.6. The van der Waals surface area contributed by atoms with Crippen molar-refractivity contribution in [3.8, 4) is 0 Å². The van der Waals surface area contributed by atoms with E-state index in [-0.39, 0.29) is 64.5 Å². The molecule has 3 atom stereocenters. The molecule has 3 N–H and O–H groups in total. The summed E-state index contributed by atoms with van der Waals surface area (Å²) in [4.78, 5) is 147. The molecule has 1 rings (SSSR count). The maximum absolute atomic E-state index is 13.5. The second-order valence-electron chi connectivity index (χ2n) is 15.0. The number of ether oxygens (including phenoxy) is 9. The van der Waals surface area contributed by atoms with E-state index in [1.807, 2.05) is 0 Å². The fourth-order valence-corrected chi connectivity index (χ4v) is 4.84. The summed E-state index contributed by atoms with van der Waals surface area (Å²) in [5.41, 5.74) is -4.05. The lowest BCUT2D eigenvalue weighted by Gasteiger charge is -2.19. The highest BCUT2D eigenvalue weighted by molar-refractivity contribution is 5.87. The molecule has 27 heteroatoms. The van der Waals surface area contributed by atoms with E-state index in [4.69, 9.17) is 42.6 Å². The molecule has 0 saturated heterocycles. The molecule has 27 nitrogen and oxygen atoms in total.